The van der Waals surface area contributed by atoms with Crippen molar-refractivity contribution in [2.75, 3.05) is 5.32 Å². The van der Waals surface area contributed by atoms with Gasteiger partial charge in [0, 0.05) is 22.7 Å². The van der Waals surface area contributed by atoms with Crippen molar-refractivity contribution in [1.82, 2.24) is 0 Å². The maximum Gasteiger partial charge on any atom is 0.248 e. The first-order valence-corrected chi connectivity index (χ1v) is 8.10. The normalized spacial score (nSPS) is 11.1. The summed E-state index contributed by atoms with van der Waals surface area (Å²) in [6.45, 7) is 1.91. The molecule has 1 heterocycles. The average molecular weight is 374 g/mol. The minimum absolute atomic E-state index is 0.101. The lowest BCUT2D eigenvalue weighted by atomic mass is 10.1. The summed E-state index contributed by atoms with van der Waals surface area (Å²) in [5.74, 6) is -1.06. The number of hydrogen-bond donors (Lipinski definition) is 1. The maximum atomic E-state index is 13.5. The predicted octanol–water partition coefficient (Wildman–Crippen LogP) is 5.84. The van der Waals surface area contributed by atoms with Crippen LogP contribution >= 0.6 is 11.6 Å². The molecule has 1 aromatic heterocycles. The minimum atomic E-state index is -0.844. The summed E-state index contributed by atoms with van der Waals surface area (Å²) in [4.78, 5) is 11.9. The van der Waals surface area contributed by atoms with Gasteiger partial charge in [0.2, 0.25) is 5.91 Å². The van der Waals surface area contributed by atoms with E-state index in [2.05, 4.69) is 5.32 Å². The van der Waals surface area contributed by atoms with Crippen LogP contribution in [0.3, 0.4) is 0 Å². The van der Waals surface area contributed by atoms with Crippen molar-refractivity contribution in [3.05, 3.63) is 82.6 Å². The molecule has 0 bridgehead atoms. The molecule has 132 valence electrons. The third-order valence-corrected chi connectivity index (χ3v) is 4.08. The highest BCUT2D eigenvalue weighted by Gasteiger charge is 2.07. The van der Waals surface area contributed by atoms with Gasteiger partial charge in [-0.2, -0.15) is 0 Å². The fourth-order valence-corrected chi connectivity index (χ4v) is 2.45. The smallest absolute Gasteiger partial charge is 0.248 e. The molecule has 0 aliphatic carbocycles. The van der Waals surface area contributed by atoms with Crippen LogP contribution < -0.4 is 5.32 Å². The van der Waals surface area contributed by atoms with Crippen LogP contribution in [0.25, 0.3) is 17.4 Å². The lowest BCUT2D eigenvalue weighted by molar-refractivity contribution is -0.111. The predicted molar refractivity (Wildman–Crippen MR) is 97.9 cm³/mol. The number of benzene rings is 2. The van der Waals surface area contributed by atoms with Crippen LogP contribution in [-0.4, -0.2) is 5.91 Å². The van der Waals surface area contributed by atoms with E-state index < -0.39 is 17.5 Å². The molecule has 1 amide bonds. The van der Waals surface area contributed by atoms with Crippen molar-refractivity contribution in [3.8, 4) is 11.3 Å². The number of furan rings is 1. The maximum absolute atomic E-state index is 13.5. The van der Waals surface area contributed by atoms with Gasteiger partial charge in [0.05, 0.1) is 5.69 Å². The SMILES string of the molecule is Cc1ccc(-c2ccc(C=CC(=O)Nc3ccc(F)cc3F)o2)cc1Cl. The van der Waals surface area contributed by atoms with Crippen LogP contribution in [0.15, 0.2) is 59.0 Å². The Morgan fingerprint density at radius 2 is 1.92 bits per heavy atom. The number of nitrogens with one attached hydrogen (secondary N) is 1. The van der Waals surface area contributed by atoms with Gasteiger partial charge < -0.3 is 9.73 Å². The third-order valence-electron chi connectivity index (χ3n) is 3.67. The van der Waals surface area contributed by atoms with E-state index in [1.807, 2.05) is 19.1 Å². The largest absolute Gasteiger partial charge is 0.457 e. The Balaban J connectivity index is 1.69. The first-order chi connectivity index (χ1) is 12.4. The lowest BCUT2D eigenvalue weighted by Gasteiger charge is -2.03. The van der Waals surface area contributed by atoms with E-state index in [-0.39, 0.29) is 5.69 Å². The first-order valence-electron chi connectivity index (χ1n) is 7.73. The summed E-state index contributed by atoms with van der Waals surface area (Å²) in [5.41, 5.74) is 1.68. The van der Waals surface area contributed by atoms with Crippen LogP contribution in [0.1, 0.15) is 11.3 Å². The van der Waals surface area contributed by atoms with Crippen LogP contribution in [0, 0.1) is 18.6 Å². The Morgan fingerprint density at radius 1 is 1.12 bits per heavy atom. The highest BCUT2D eigenvalue weighted by Crippen LogP contribution is 2.27. The average Bonchev–Trinajstić information content (AvgIpc) is 3.07. The highest BCUT2D eigenvalue weighted by molar-refractivity contribution is 6.31. The van der Waals surface area contributed by atoms with E-state index in [9.17, 15) is 13.6 Å². The number of amides is 1. The topological polar surface area (TPSA) is 42.2 Å². The zero-order valence-electron chi connectivity index (χ0n) is 13.7. The van der Waals surface area contributed by atoms with Crippen LogP contribution in [-0.2, 0) is 4.79 Å². The monoisotopic (exact) mass is 373 g/mol. The molecule has 1 N–H and O–H groups in total. The summed E-state index contributed by atoms with van der Waals surface area (Å²) in [5, 5.41) is 2.97. The lowest BCUT2D eigenvalue weighted by Crippen LogP contribution is -2.09. The van der Waals surface area contributed by atoms with Gasteiger partial charge in [-0.05, 0) is 48.9 Å². The van der Waals surface area contributed by atoms with Gasteiger partial charge in [-0.25, -0.2) is 8.78 Å². The summed E-state index contributed by atoms with van der Waals surface area (Å²) in [6.07, 6.45) is 2.66. The second-order valence-electron chi connectivity index (χ2n) is 5.61. The Labute approximate surface area is 153 Å². The second kappa shape index (κ2) is 7.54. The number of hydrogen-bond acceptors (Lipinski definition) is 2. The number of carbonyl (C=O) groups excluding carboxylic acids is 1. The van der Waals surface area contributed by atoms with Gasteiger partial charge in [0.15, 0.2) is 0 Å². The molecule has 0 atom stereocenters. The van der Waals surface area contributed by atoms with Gasteiger partial charge >= 0.3 is 0 Å². The van der Waals surface area contributed by atoms with Gasteiger partial charge in [-0.1, -0.05) is 23.7 Å². The summed E-state index contributed by atoms with van der Waals surface area (Å²) in [6, 6.07) is 12.0. The second-order valence-corrected chi connectivity index (χ2v) is 6.02. The zero-order chi connectivity index (χ0) is 18.7. The van der Waals surface area contributed by atoms with Gasteiger partial charge in [-0.15, -0.1) is 0 Å². The molecule has 6 heteroatoms. The standard InChI is InChI=1S/C20H14ClF2NO2/c1-12-2-3-13(10-16(12)21)19-8-5-15(26-19)6-9-20(25)24-18-7-4-14(22)11-17(18)23/h2-11H,1H3,(H,24,25). The van der Waals surface area contributed by atoms with Crippen molar-refractivity contribution in [2.24, 2.45) is 0 Å². The molecule has 3 nitrogen and oxygen atoms in total. The summed E-state index contributed by atoms with van der Waals surface area (Å²) >= 11 is 6.11. The molecule has 0 unspecified atom stereocenters. The molecule has 0 saturated heterocycles. The zero-order valence-corrected chi connectivity index (χ0v) is 14.5. The quantitative estimate of drug-likeness (QED) is 0.584. The molecule has 26 heavy (non-hydrogen) atoms. The fourth-order valence-electron chi connectivity index (χ4n) is 2.27. The van der Waals surface area contributed by atoms with Gasteiger partial charge in [0.25, 0.3) is 0 Å². The van der Waals surface area contributed by atoms with Crippen molar-refractivity contribution in [1.29, 1.82) is 0 Å². The number of rotatable bonds is 4. The molecule has 2 aromatic carbocycles. The van der Waals surface area contributed by atoms with Gasteiger partial charge in [0.1, 0.15) is 23.2 Å². The van der Waals surface area contributed by atoms with Crippen LogP contribution in [0.5, 0.6) is 0 Å². The Morgan fingerprint density at radius 3 is 2.65 bits per heavy atom. The number of carbonyl (C=O) groups is 1. The highest BCUT2D eigenvalue weighted by atomic mass is 35.5. The molecule has 0 saturated carbocycles. The Hall–Kier alpha value is -2.92. The number of anilines is 1. The molecule has 3 rings (SSSR count). The van der Waals surface area contributed by atoms with Crippen molar-refractivity contribution >= 4 is 29.3 Å². The Bertz CT molecular complexity index is 995. The van der Waals surface area contributed by atoms with Gasteiger partial charge in [-0.3, -0.25) is 4.79 Å². The number of halogens is 3. The van der Waals surface area contributed by atoms with E-state index in [0.29, 0.717) is 22.6 Å². The number of aryl methyl sites for hydroxylation is 1. The van der Waals surface area contributed by atoms with Crippen LogP contribution in [0.2, 0.25) is 5.02 Å². The molecule has 0 aliphatic rings. The van der Waals surface area contributed by atoms with E-state index in [0.717, 1.165) is 23.3 Å². The van der Waals surface area contributed by atoms with E-state index in [1.54, 1.807) is 18.2 Å². The van der Waals surface area contributed by atoms with E-state index >= 15 is 0 Å². The fraction of sp³-hybridized carbons (Fsp3) is 0.0500. The van der Waals surface area contributed by atoms with E-state index in [4.69, 9.17) is 16.0 Å². The van der Waals surface area contributed by atoms with Crippen LogP contribution in [0.4, 0.5) is 14.5 Å². The molecule has 0 aliphatic heterocycles. The van der Waals surface area contributed by atoms with Crippen molar-refractivity contribution in [3.63, 3.8) is 0 Å². The molecule has 0 spiro atoms. The first kappa shape index (κ1) is 17.9. The van der Waals surface area contributed by atoms with E-state index in [1.165, 1.54) is 12.2 Å². The summed E-state index contributed by atoms with van der Waals surface area (Å²) in [7, 11) is 0. The minimum Gasteiger partial charge on any atom is -0.457 e. The Kier molecular flexibility index (Phi) is 5.19. The third kappa shape index (κ3) is 4.18. The molecule has 3 aromatic rings. The molecule has 0 radical (unpaired) electrons. The molecular formula is C20H14ClF2NO2. The molecular weight excluding hydrogens is 360 g/mol. The van der Waals surface area contributed by atoms with Crippen molar-refractivity contribution in [2.45, 2.75) is 6.92 Å². The molecule has 0 fully saturated rings. The van der Waals surface area contributed by atoms with Crippen molar-refractivity contribution < 1.29 is 18.0 Å². The summed E-state index contributed by atoms with van der Waals surface area (Å²) < 4.78 is 32.0.